The third kappa shape index (κ3) is 3.33. The molecule has 0 spiro atoms. The molecule has 0 aromatic carbocycles. The Labute approximate surface area is 118 Å². The number of hydrogen-bond donors (Lipinski definition) is 1. The van der Waals surface area contributed by atoms with Crippen LogP contribution < -0.4 is 10.2 Å². The highest BCUT2D eigenvalue weighted by Gasteiger charge is 2.20. The van der Waals surface area contributed by atoms with Gasteiger partial charge >= 0.3 is 0 Å². The fraction of sp³-hybridized carbons (Fsp3) is 0.400. The van der Waals surface area contributed by atoms with Gasteiger partial charge in [0.25, 0.3) is 0 Å². The van der Waals surface area contributed by atoms with E-state index in [0.29, 0.717) is 0 Å². The molecule has 0 bridgehead atoms. The molecule has 1 N–H and O–H groups in total. The summed E-state index contributed by atoms with van der Waals surface area (Å²) >= 11 is 1.80. The smallest absolute Gasteiger partial charge is 0.0599 e. The van der Waals surface area contributed by atoms with E-state index >= 15 is 0 Å². The van der Waals surface area contributed by atoms with Gasteiger partial charge in [0.2, 0.25) is 0 Å². The highest BCUT2D eigenvalue weighted by Crippen LogP contribution is 2.24. The number of rotatable bonds is 6. The van der Waals surface area contributed by atoms with Gasteiger partial charge in [-0.25, -0.2) is 0 Å². The van der Waals surface area contributed by atoms with Gasteiger partial charge in [-0.05, 0) is 35.9 Å². The molecule has 0 radical (unpaired) electrons. The predicted molar refractivity (Wildman–Crippen MR) is 80.5 cm³/mol. The van der Waals surface area contributed by atoms with Gasteiger partial charge in [0.1, 0.15) is 0 Å². The summed E-state index contributed by atoms with van der Waals surface area (Å²) in [4.78, 5) is 7.93. The van der Waals surface area contributed by atoms with Crippen molar-refractivity contribution in [2.24, 2.45) is 0 Å². The van der Waals surface area contributed by atoms with E-state index in [4.69, 9.17) is 0 Å². The number of aromatic nitrogens is 1. The molecular formula is C15H19N3S. The first-order valence-electron chi connectivity index (χ1n) is 6.73. The molecule has 3 rings (SSSR count). The first-order chi connectivity index (χ1) is 9.33. The van der Waals surface area contributed by atoms with Crippen molar-refractivity contribution in [2.45, 2.75) is 32.0 Å². The molecule has 2 aromatic heterocycles. The quantitative estimate of drug-likeness (QED) is 0.877. The summed E-state index contributed by atoms with van der Waals surface area (Å²) in [5.41, 5.74) is 2.56. The molecule has 1 saturated carbocycles. The van der Waals surface area contributed by atoms with Gasteiger partial charge in [0, 0.05) is 30.7 Å². The summed E-state index contributed by atoms with van der Waals surface area (Å²) in [5, 5.41) is 5.70. The summed E-state index contributed by atoms with van der Waals surface area (Å²) in [6.45, 7) is 1.89. The first kappa shape index (κ1) is 12.6. The van der Waals surface area contributed by atoms with E-state index < -0.39 is 0 Å². The van der Waals surface area contributed by atoms with Gasteiger partial charge in [-0.3, -0.25) is 4.98 Å². The van der Waals surface area contributed by atoms with Crippen molar-refractivity contribution in [2.75, 3.05) is 11.9 Å². The van der Waals surface area contributed by atoms with Crippen LogP contribution in [-0.2, 0) is 13.1 Å². The largest absolute Gasteiger partial charge is 0.368 e. The summed E-state index contributed by atoms with van der Waals surface area (Å²) in [7, 11) is 2.14. The van der Waals surface area contributed by atoms with Gasteiger partial charge in [-0.1, -0.05) is 6.07 Å². The van der Waals surface area contributed by atoms with Crippen molar-refractivity contribution in [3.05, 3.63) is 46.4 Å². The predicted octanol–water partition coefficient (Wildman–Crippen LogP) is 3.03. The second-order valence-electron chi connectivity index (χ2n) is 5.09. The molecule has 0 amide bonds. The summed E-state index contributed by atoms with van der Waals surface area (Å²) < 4.78 is 0. The number of thiophene rings is 1. The third-order valence-electron chi connectivity index (χ3n) is 3.43. The molecule has 2 aromatic rings. The van der Waals surface area contributed by atoms with Crippen molar-refractivity contribution in [1.29, 1.82) is 0 Å². The Kier molecular flexibility index (Phi) is 3.80. The molecule has 1 fully saturated rings. The number of pyridine rings is 1. The highest BCUT2D eigenvalue weighted by atomic mass is 32.1. The maximum absolute atomic E-state index is 4.27. The molecule has 1 aliphatic carbocycles. The summed E-state index contributed by atoms with van der Waals surface area (Å²) in [5.74, 6) is 0. The van der Waals surface area contributed by atoms with E-state index in [0.717, 1.165) is 19.1 Å². The van der Waals surface area contributed by atoms with E-state index in [2.05, 4.69) is 45.8 Å². The van der Waals surface area contributed by atoms with Crippen LogP contribution in [0.25, 0.3) is 0 Å². The minimum atomic E-state index is 0.739. The van der Waals surface area contributed by atoms with Crippen LogP contribution in [0, 0.1) is 0 Å². The van der Waals surface area contributed by atoms with E-state index in [1.807, 2.05) is 12.4 Å². The molecule has 3 nitrogen and oxygen atoms in total. The Morgan fingerprint density at radius 1 is 1.42 bits per heavy atom. The highest BCUT2D eigenvalue weighted by molar-refractivity contribution is 7.09. The van der Waals surface area contributed by atoms with Crippen LogP contribution in [0.1, 0.15) is 23.3 Å². The lowest BCUT2D eigenvalue weighted by Gasteiger charge is -2.21. The Morgan fingerprint density at radius 3 is 3.05 bits per heavy atom. The van der Waals surface area contributed by atoms with Crippen molar-refractivity contribution in [1.82, 2.24) is 10.3 Å². The number of hydrogen-bond acceptors (Lipinski definition) is 4. The molecule has 2 heterocycles. The fourth-order valence-electron chi connectivity index (χ4n) is 2.17. The van der Waals surface area contributed by atoms with Crippen molar-refractivity contribution in [3.8, 4) is 0 Å². The van der Waals surface area contributed by atoms with Gasteiger partial charge in [-0.2, -0.15) is 0 Å². The summed E-state index contributed by atoms with van der Waals surface area (Å²) in [6.07, 6.45) is 6.50. The van der Waals surface area contributed by atoms with E-state index in [-0.39, 0.29) is 0 Å². The molecule has 4 heteroatoms. The number of nitrogens with zero attached hydrogens (tertiary/aromatic N) is 2. The van der Waals surface area contributed by atoms with Crippen molar-refractivity contribution in [3.63, 3.8) is 0 Å². The third-order valence-corrected chi connectivity index (χ3v) is 4.29. The monoisotopic (exact) mass is 273 g/mol. The SMILES string of the molecule is CN(Cc1cccs1)c1cnccc1CNC1CC1. The Balaban J connectivity index is 1.70. The molecule has 0 aliphatic heterocycles. The van der Waals surface area contributed by atoms with Gasteiger partial charge < -0.3 is 10.2 Å². The van der Waals surface area contributed by atoms with Crippen LogP contribution in [0.4, 0.5) is 5.69 Å². The summed E-state index contributed by atoms with van der Waals surface area (Å²) in [6, 6.07) is 7.14. The molecule has 0 saturated heterocycles. The first-order valence-corrected chi connectivity index (χ1v) is 7.60. The molecular weight excluding hydrogens is 254 g/mol. The minimum absolute atomic E-state index is 0.739. The standard InChI is InChI=1S/C15H19N3S/c1-18(11-14-3-2-8-19-14)15-10-16-7-6-12(15)9-17-13-4-5-13/h2-3,6-8,10,13,17H,4-5,9,11H2,1H3. The lowest BCUT2D eigenvalue weighted by molar-refractivity contribution is 0.685. The average molecular weight is 273 g/mol. The van der Waals surface area contributed by atoms with E-state index in [1.165, 1.54) is 29.0 Å². The Morgan fingerprint density at radius 2 is 2.32 bits per heavy atom. The Hall–Kier alpha value is -1.39. The minimum Gasteiger partial charge on any atom is -0.368 e. The zero-order valence-corrected chi connectivity index (χ0v) is 12.0. The zero-order chi connectivity index (χ0) is 13.1. The molecule has 19 heavy (non-hydrogen) atoms. The second-order valence-corrected chi connectivity index (χ2v) is 6.13. The average Bonchev–Trinajstić information content (AvgIpc) is 3.13. The molecule has 0 atom stereocenters. The maximum Gasteiger partial charge on any atom is 0.0599 e. The van der Waals surface area contributed by atoms with Crippen molar-refractivity contribution < 1.29 is 0 Å². The Bertz CT molecular complexity index is 520. The topological polar surface area (TPSA) is 28.2 Å². The van der Waals surface area contributed by atoms with Crippen LogP contribution in [0.2, 0.25) is 0 Å². The normalized spacial score (nSPS) is 14.6. The van der Waals surface area contributed by atoms with Crippen LogP contribution in [0.5, 0.6) is 0 Å². The number of anilines is 1. The maximum atomic E-state index is 4.27. The van der Waals surface area contributed by atoms with Gasteiger partial charge in [-0.15, -0.1) is 11.3 Å². The zero-order valence-electron chi connectivity index (χ0n) is 11.2. The second kappa shape index (κ2) is 5.72. The number of nitrogens with one attached hydrogen (secondary N) is 1. The van der Waals surface area contributed by atoms with Crippen LogP contribution in [0.3, 0.4) is 0 Å². The molecule has 100 valence electrons. The lowest BCUT2D eigenvalue weighted by atomic mass is 10.2. The van der Waals surface area contributed by atoms with E-state index in [1.54, 1.807) is 11.3 Å². The van der Waals surface area contributed by atoms with Crippen LogP contribution in [-0.4, -0.2) is 18.1 Å². The van der Waals surface area contributed by atoms with E-state index in [9.17, 15) is 0 Å². The van der Waals surface area contributed by atoms with Crippen molar-refractivity contribution >= 4 is 17.0 Å². The van der Waals surface area contributed by atoms with Gasteiger partial charge in [0.15, 0.2) is 0 Å². The lowest BCUT2D eigenvalue weighted by Crippen LogP contribution is -2.21. The fourth-order valence-corrected chi connectivity index (χ4v) is 2.93. The molecule has 1 aliphatic rings. The van der Waals surface area contributed by atoms with Gasteiger partial charge in [0.05, 0.1) is 18.4 Å². The van der Waals surface area contributed by atoms with Crippen LogP contribution >= 0.6 is 11.3 Å². The molecule has 0 unspecified atom stereocenters. The van der Waals surface area contributed by atoms with Crippen LogP contribution in [0.15, 0.2) is 36.0 Å².